The van der Waals surface area contributed by atoms with Gasteiger partial charge < -0.3 is 19.4 Å². The summed E-state index contributed by atoms with van der Waals surface area (Å²) in [6.45, 7) is 1.14. The molecule has 0 amide bonds. The Balaban J connectivity index is 1.80. The number of aromatic carboxylic acids is 1. The fourth-order valence-corrected chi connectivity index (χ4v) is 4.51. The van der Waals surface area contributed by atoms with Gasteiger partial charge in [-0.1, -0.05) is 48.9 Å². The lowest BCUT2D eigenvalue weighted by atomic mass is 9.77. The van der Waals surface area contributed by atoms with Gasteiger partial charge >= 0.3 is 11.9 Å². The highest BCUT2D eigenvalue weighted by Gasteiger charge is 2.59. The largest absolute Gasteiger partial charge is 0.545 e. The number of aliphatic hydroxyl groups is 1. The maximum Gasteiger partial charge on any atom is 0.422 e. The van der Waals surface area contributed by atoms with Gasteiger partial charge in [-0.3, -0.25) is 4.57 Å². The van der Waals surface area contributed by atoms with Crippen molar-refractivity contribution in [1.82, 2.24) is 4.57 Å². The lowest BCUT2D eigenvalue weighted by molar-refractivity contribution is -0.274. The molecule has 4 rings (SSSR count). The van der Waals surface area contributed by atoms with Crippen LogP contribution in [0.2, 0.25) is 5.02 Å². The Morgan fingerprint density at radius 1 is 1.11 bits per heavy atom. The topological polar surface area (TPSA) is 95.5 Å². The number of halogens is 5. The first-order valence-electron chi connectivity index (χ1n) is 10.5. The summed E-state index contributed by atoms with van der Waals surface area (Å²) in [5, 5.41) is 21.9. The maximum absolute atomic E-state index is 14.5. The van der Waals surface area contributed by atoms with E-state index in [4.69, 9.17) is 16.0 Å². The van der Waals surface area contributed by atoms with Crippen molar-refractivity contribution in [3.63, 3.8) is 0 Å². The van der Waals surface area contributed by atoms with Crippen LogP contribution in [0.1, 0.15) is 34.3 Å². The molecule has 0 fully saturated rings. The van der Waals surface area contributed by atoms with Crippen molar-refractivity contribution in [3.05, 3.63) is 92.7 Å². The molecule has 1 N–H and O–H groups in total. The summed E-state index contributed by atoms with van der Waals surface area (Å²) in [4.78, 5) is 22.7. The molecule has 0 radical (unpaired) electrons. The molecule has 2 unspecified atom stereocenters. The summed E-state index contributed by atoms with van der Waals surface area (Å²) in [5.74, 6) is -4.86. The van der Waals surface area contributed by atoms with E-state index in [0.717, 1.165) is 35.8 Å². The average molecular weight is 523 g/mol. The molecule has 0 aliphatic heterocycles. The van der Waals surface area contributed by atoms with E-state index in [-0.39, 0.29) is 38.4 Å². The van der Waals surface area contributed by atoms with Crippen LogP contribution in [0.5, 0.6) is 0 Å². The normalized spacial score (nSPS) is 14.6. The number of carboxylic acids is 1. The van der Waals surface area contributed by atoms with Gasteiger partial charge in [0.05, 0.1) is 11.5 Å². The summed E-state index contributed by atoms with van der Waals surface area (Å²) in [7, 11) is 1.32. The van der Waals surface area contributed by atoms with E-state index in [1.165, 1.54) is 37.4 Å². The number of hydrogen-bond donors (Lipinski definition) is 1. The number of oxazole rings is 1. The second kappa shape index (κ2) is 8.79. The molecule has 4 aromatic rings. The minimum Gasteiger partial charge on any atom is -0.545 e. The molecule has 188 valence electrons. The van der Waals surface area contributed by atoms with E-state index in [0.29, 0.717) is 0 Å². The van der Waals surface area contributed by atoms with Crippen LogP contribution in [0.25, 0.3) is 22.2 Å². The molecule has 0 saturated heterocycles. The minimum absolute atomic E-state index is 0.0292. The van der Waals surface area contributed by atoms with Crippen LogP contribution in [0, 0.1) is 5.82 Å². The Kier molecular flexibility index (Phi) is 6.22. The minimum atomic E-state index is -5.16. The molecule has 0 saturated carbocycles. The average Bonchev–Trinajstić information content (AvgIpc) is 3.10. The monoisotopic (exact) mass is 522 g/mol. The molecule has 0 aliphatic rings. The van der Waals surface area contributed by atoms with E-state index in [9.17, 15) is 37.4 Å². The molecule has 11 heteroatoms. The number of hydrogen-bond acceptors (Lipinski definition) is 5. The van der Waals surface area contributed by atoms with Crippen molar-refractivity contribution in [1.29, 1.82) is 0 Å². The number of carbonyl (C=O) groups is 1. The van der Waals surface area contributed by atoms with Gasteiger partial charge in [-0.15, -0.1) is 0 Å². The molecule has 2 atom stereocenters. The highest BCUT2D eigenvalue weighted by molar-refractivity contribution is 6.31. The molecule has 1 heterocycles. The van der Waals surface area contributed by atoms with E-state index in [2.05, 4.69) is 0 Å². The third kappa shape index (κ3) is 4.06. The smallest absolute Gasteiger partial charge is 0.422 e. The van der Waals surface area contributed by atoms with Gasteiger partial charge in [0.1, 0.15) is 5.82 Å². The summed E-state index contributed by atoms with van der Waals surface area (Å²) < 4.78 is 63.6. The number of aryl methyl sites for hydroxylation is 1. The van der Waals surface area contributed by atoms with E-state index < -0.39 is 40.8 Å². The van der Waals surface area contributed by atoms with Crippen LogP contribution in [-0.2, 0) is 12.6 Å². The molecule has 1 aromatic heterocycles. The van der Waals surface area contributed by atoms with Crippen LogP contribution in [0.4, 0.5) is 17.6 Å². The zero-order valence-electron chi connectivity index (χ0n) is 18.7. The van der Waals surface area contributed by atoms with Gasteiger partial charge in [0, 0.05) is 29.1 Å². The number of benzene rings is 3. The first-order valence-corrected chi connectivity index (χ1v) is 10.8. The van der Waals surface area contributed by atoms with Gasteiger partial charge in [-0.05, 0) is 41.0 Å². The fraction of sp³-hybridized carbons (Fsp3) is 0.200. The molecule has 0 spiro atoms. The second-order valence-corrected chi connectivity index (χ2v) is 8.72. The van der Waals surface area contributed by atoms with Gasteiger partial charge in [0.15, 0.2) is 11.2 Å². The third-order valence-corrected chi connectivity index (χ3v) is 6.60. The lowest BCUT2D eigenvalue weighted by Crippen LogP contribution is -2.46. The number of aromatic nitrogens is 1. The Bertz CT molecular complexity index is 1560. The van der Waals surface area contributed by atoms with E-state index >= 15 is 0 Å². The van der Waals surface area contributed by atoms with Gasteiger partial charge in [0.25, 0.3) is 0 Å². The van der Waals surface area contributed by atoms with Crippen molar-refractivity contribution in [2.45, 2.75) is 24.6 Å². The van der Waals surface area contributed by atoms with Crippen LogP contribution >= 0.6 is 11.6 Å². The van der Waals surface area contributed by atoms with Crippen molar-refractivity contribution < 1.29 is 37.0 Å². The van der Waals surface area contributed by atoms with Crippen LogP contribution in [0.15, 0.2) is 63.8 Å². The first kappa shape index (κ1) is 25.5. The van der Waals surface area contributed by atoms with E-state index in [1.807, 2.05) is 0 Å². The number of carbonyl (C=O) groups excluding carboxylic acids is 1. The molecule has 0 bridgehead atoms. The quantitative estimate of drug-likeness (QED) is 0.389. The zero-order chi connectivity index (χ0) is 26.6. The van der Waals surface area contributed by atoms with Crippen LogP contribution < -0.4 is 10.9 Å². The number of carboxylic acid groups (broad SMARTS) is 1. The Morgan fingerprint density at radius 3 is 2.39 bits per heavy atom. The highest BCUT2D eigenvalue weighted by Crippen LogP contribution is 2.50. The molecular weight excluding hydrogens is 506 g/mol. The van der Waals surface area contributed by atoms with Crippen molar-refractivity contribution in [2.75, 3.05) is 0 Å². The summed E-state index contributed by atoms with van der Waals surface area (Å²) in [6, 6.07) is 10.1. The number of nitrogens with zero attached hydrogens (tertiary/aromatic N) is 1. The zero-order valence-corrected chi connectivity index (χ0v) is 19.4. The Morgan fingerprint density at radius 2 is 1.81 bits per heavy atom. The number of fused-ring (bicyclic) bond motifs is 1. The lowest BCUT2D eigenvalue weighted by Gasteiger charge is -2.37. The second-order valence-electron chi connectivity index (χ2n) is 8.31. The fourth-order valence-electron chi connectivity index (χ4n) is 4.17. The summed E-state index contributed by atoms with van der Waals surface area (Å²) in [5.41, 5.74) is -4.14. The van der Waals surface area contributed by atoms with Crippen LogP contribution in [0.3, 0.4) is 0 Å². The SMILES string of the molecule is CC(c1ccc(-c2ccc(C(=O)[O-])cc2F)cc1Cl)C(O)(c1ccc2oc(=O)n(C)c2c1)C(F)(F)F. The maximum atomic E-state index is 14.5. The van der Waals surface area contributed by atoms with E-state index in [1.54, 1.807) is 0 Å². The number of alkyl halides is 3. The first-order chi connectivity index (χ1) is 16.8. The molecular formula is C25H17ClF4NO5-. The van der Waals surface area contributed by atoms with Gasteiger partial charge in [-0.25, -0.2) is 9.18 Å². The predicted octanol–water partition coefficient (Wildman–Crippen LogP) is 4.51. The van der Waals surface area contributed by atoms with Crippen molar-refractivity contribution in [3.8, 4) is 11.1 Å². The predicted molar refractivity (Wildman–Crippen MR) is 121 cm³/mol. The summed E-state index contributed by atoms with van der Waals surface area (Å²) in [6.07, 6.45) is -5.16. The standard InChI is InChI=1S/C25H18ClF4NO5/c1-12(16-6-3-13(9-18(16)26)17-7-4-14(22(32)33)10-19(17)27)24(35,25(28,29)30)15-5-8-21-20(11-15)31(2)23(34)36-21/h3-12,35H,1-2H3,(H,32,33)/p-1. The summed E-state index contributed by atoms with van der Waals surface area (Å²) >= 11 is 6.31. The van der Waals surface area contributed by atoms with Crippen LogP contribution in [-0.4, -0.2) is 21.8 Å². The van der Waals surface area contributed by atoms with Gasteiger partial charge in [-0.2, -0.15) is 13.2 Å². The Hall–Kier alpha value is -3.63. The molecule has 6 nitrogen and oxygen atoms in total. The molecule has 36 heavy (non-hydrogen) atoms. The third-order valence-electron chi connectivity index (χ3n) is 6.27. The highest BCUT2D eigenvalue weighted by atomic mass is 35.5. The number of rotatable bonds is 5. The van der Waals surface area contributed by atoms with Crippen molar-refractivity contribution in [2.24, 2.45) is 7.05 Å². The molecule has 3 aromatic carbocycles. The van der Waals surface area contributed by atoms with Crippen molar-refractivity contribution >= 4 is 28.7 Å². The Labute approximate surface area is 206 Å². The van der Waals surface area contributed by atoms with Gasteiger partial charge in [0.2, 0.25) is 0 Å². The molecule has 0 aliphatic carbocycles.